The Balaban J connectivity index is 2.56. The molecule has 1 aromatic carbocycles. The lowest BCUT2D eigenvalue weighted by Crippen LogP contribution is -2.16. The smallest absolute Gasteiger partial charge is 0.346 e. The molecule has 0 saturated heterocycles. The second-order valence-electron chi connectivity index (χ2n) is 4.31. The number of carbonyl (C=O) groups is 1. The summed E-state index contributed by atoms with van der Waals surface area (Å²) in [5, 5.41) is -0.468. The molecule has 0 aliphatic carbocycles. The number of rotatable bonds is 4. The zero-order valence-corrected chi connectivity index (χ0v) is 12.4. The molecule has 0 bridgehead atoms. The van der Waals surface area contributed by atoms with E-state index in [4.69, 9.17) is 16.3 Å². The van der Waals surface area contributed by atoms with E-state index in [-0.39, 0.29) is 5.56 Å². The summed E-state index contributed by atoms with van der Waals surface area (Å²) in [5.41, 5.74) is -0.319. The number of methoxy groups -OCH3 is 1. The number of alkyl halides is 2. The summed E-state index contributed by atoms with van der Waals surface area (Å²) in [5.74, 6) is -5.17. The lowest BCUT2D eigenvalue weighted by molar-refractivity contribution is 0.00698. The summed E-state index contributed by atoms with van der Waals surface area (Å²) in [6.07, 6.45) is 0. The van der Waals surface area contributed by atoms with Crippen LogP contribution in [-0.2, 0) is 10.7 Å². The van der Waals surface area contributed by atoms with Crippen LogP contribution in [0.15, 0.2) is 30.3 Å². The van der Waals surface area contributed by atoms with Crippen molar-refractivity contribution in [3.63, 3.8) is 0 Å². The van der Waals surface area contributed by atoms with E-state index in [2.05, 4.69) is 14.7 Å². The van der Waals surface area contributed by atoms with Crippen LogP contribution in [0.2, 0.25) is 5.15 Å². The van der Waals surface area contributed by atoms with Crippen LogP contribution in [0.25, 0.3) is 0 Å². The van der Waals surface area contributed by atoms with Gasteiger partial charge >= 0.3 is 11.9 Å². The molecule has 0 aliphatic rings. The zero-order chi connectivity index (χ0) is 16.3. The summed E-state index contributed by atoms with van der Waals surface area (Å²) < 4.78 is 36.8. The van der Waals surface area contributed by atoms with E-state index >= 15 is 0 Å². The van der Waals surface area contributed by atoms with Gasteiger partial charge in [-0.15, -0.1) is 0 Å². The van der Waals surface area contributed by atoms with Crippen molar-refractivity contribution in [1.29, 1.82) is 0 Å². The maximum atomic E-state index is 13.4. The molecule has 22 heavy (non-hydrogen) atoms. The fourth-order valence-corrected chi connectivity index (χ4v) is 1.80. The number of para-hydroxylation sites is 1. The quantitative estimate of drug-likeness (QED) is 0.630. The van der Waals surface area contributed by atoms with Crippen molar-refractivity contribution in [2.45, 2.75) is 12.8 Å². The molecule has 116 valence electrons. The van der Waals surface area contributed by atoms with Crippen molar-refractivity contribution < 1.29 is 23.0 Å². The first-order chi connectivity index (χ1) is 10.3. The van der Waals surface area contributed by atoms with E-state index in [9.17, 15) is 13.6 Å². The van der Waals surface area contributed by atoms with Gasteiger partial charge in [0, 0.05) is 6.92 Å². The number of carbonyl (C=O) groups excluding carboxylic acids is 1. The minimum absolute atomic E-state index is 0.299. The number of hydrogen-bond donors (Lipinski definition) is 0. The third kappa shape index (κ3) is 3.48. The van der Waals surface area contributed by atoms with Crippen LogP contribution in [0.3, 0.4) is 0 Å². The van der Waals surface area contributed by atoms with E-state index in [0.717, 1.165) is 7.11 Å². The monoisotopic (exact) mass is 328 g/mol. The van der Waals surface area contributed by atoms with Gasteiger partial charge in [-0.2, -0.15) is 13.8 Å². The summed E-state index contributed by atoms with van der Waals surface area (Å²) in [6, 6.07) is 8.23. The molecule has 8 heteroatoms. The van der Waals surface area contributed by atoms with Crippen molar-refractivity contribution in [3.05, 3.63) is 46.9 Å². The Labute approximate surface area is 129 Å². The van der Waals surface area contributed by atoms with Gasteiger partial charge < -0.3 is 9.47 Å². The largest absolute Gasteiger partial charge is 0.465 e. The molecule has 2 rings (SSSR count). The van der Waals surface area contributed by atoms with Gasteiger partial charge in [-0.3, -0.25) is 0 Å². The third-order valence-electron chi connectivity index (χ3n) is 2.57. The molecule has 0 spiro atoms. The first kappa shape index (κ1) is 16.1. The van der Waals surface area contributed by atoms with Gasteiger partial charge in [0.15, 0.2) is 10.7 Å². The van der Waals surface area contributed by atoms with E-state index < -0.39 is 28.7 Å². The summed E-state index contributed by atoms with van der Waals surface area (Å²) in [4.78, 5) is 18.8. The van der Waals surface area contributed by atoms with Crippen molar-refractivity contribution in [2.24, 2.45) is 0 Å². The van der Waals surface area contributed by atoms with Crippen LogP contribution in [0.5, 0.6) is 11.6 Å². The van der Waals surface area contributed by atoms with Crippen molar-refractivity contribution in [2.75, 3.05) is 7.11 Å². The Morgan fingerprint density at radius 3 is 2.41 bits per heavy atom. The predicted molar refractivity (Wildman–Crippen MR) is 74.5 cm³/mol. The average Bonchev–Trinajstić information content (AvgIpc) is 2.46. The van der Waals surface area contributed by atoms with Crippen molar-refractivity contribution in [3.8, 4) is 11.6 Å². The van der Waals surface area contributed by atoms with Crippen molar-refractivity contribution in [1.82, 2.24) is 9.97 Å². The molecular weight excluding hydrogens is 318 g/mol. The van der Waals surface area contributed by atoms with E-state index in [1.54, 1.807) is 30.3 Å². The maximum absolute atomic E-state index is 13.4. The maximum Gasteiger partial charge on any atom is 0.346 e. The summed E-state index contributed by atoms with van der Waals surface area (Å²) in [6.45, 7) is 0.614. The molecule has 1 heterocycles. The van der Waals surface area contributed by atoms with Gasteiger partial charge in [0.1, 0.15) is 5.75 Å². The third-order valence-corrected chi connectivity index (χ3v) is 2.85. The first-order valence-electron chi connectivity index (χ1n) is 6.10. The molecule has 0 N–H and O–H groups in total. The Bertz CT molecular complexity index is 690. The number of benzene rings is 1. The van der Waals surface area contributed by atoms with Gasteiger partial charge in [-0.25, -0.2) is 9.78 Å². The Hall–Kier alpha value is -2.28. The van der Waals surface area contributed by atoms with Gasteiger partial charge in [-0.1, -0.05) is 29.8 Å². The molecular formula is C14H11ClF2N2O3. The SMILES string of the molecule is COC(=O)c1c(Cl)nc(C(C)(F)F)nc1Oc1ccccc1. The predicted octanol–water partition coefficient (Wildman–Crippen LogP) is 3.82. The lowest BCUT2D eigenvalue weighted by atomic mass is 10.3. The van der Waals surface area contributed by atoms with Crippen molar-refractivity contribution >= 4 is 17.6 Å². The number of aromatic nitrogens is 2. The van der Waals surface area contributed by atoms with Gasteiger partial charge in [0.2, 0.25) is 11.7 Å². The number of hydrogen-bond acceptors (Lipinski definition) is 5. The molecule has 0 aliphatic heterocycles. The second kappa shape index (κ2) is 6.23. The van der Waals surface area contributed by atoms with Crippen LogP contribution in [-0.4, -0.2) is 23.0 Å². The summed E-state index contributed by atoms with van der Waals surface area (Å²) >= 11 is 5.82. The Kier molecular flexibility index (Phi) is 4.56. The second-order valence-corrected chi connectivity index (χ2v) is 4.67. The highest BCUT2D eigenvalue weighted by Gasteiger charge is 2.33. The van der Waals surface area contributed by atoms with Crippen LogP contribution in [0, 0.1) is 0 Å². The molecule has 1 aromatic heterocycles. The fourth-order valence-electron chi connectivity index (χ4n) is 1.56. The Morgan fingerprint density at radius 1 is 1.23 bits per heavy atom. The molecule has 0 unspecified atom stereocenters. The van der Waals surface area contributed by atoms with Crippen LogP contribution < -0.4 is 4.74 Å². The average molecular weight is 329 g/mol. The Morgan fingerprint density at radius 2 is 1.86 bits per heavy atom. The highest BCUT2D eigenvalue weighted by Crippen LogP contribution is 2.32. The molecule has 0 saturated carbocycles. The minimum atomic E-state index is -3.34. The molecule has 0 fully saturated rings. The van der Waals surface area contributed by atoms with E-state index in [1.807, 2.05) is 0 Å². The van der Waals surface area contributed by atoms with E-state index in [1.165, 1.54) is 0 Å². The van der Waals surface area contributed by atoms with E-state index in [0.29, 0.717) is 12.7 Å². The molecule has 0 radical (unpaired) electrons. The number of halogens is 3. The molecule has 0 atom stereocenters. The highest BCUT2D eigenvalue weighted by atomic mass is 35.5. The lowest BCUT2D eigenvalue weighted by Gasteiger charge is -2.14. The molecule has 5 nitrogen and oxygen atoms in total. The topological polar surface area (TPSA) is 61.3 Å². The van der Waals surface area contributed by atoms with Crippen LogP contribution >= 0.6 is 11.6 Å². The summed E-state index contributed by atoms with van der Waals surface area (Å²) in [7, 11) is 1.12. The highest BCUT2D eigenvalue weighted by molar-refractivity contribution is 6.32. The number of ether oxygens (including phenoxy) is 2. The normalized spacial score (nSPS) is 11.1. The molecule has 2 aromatic rings. The first-order valence-corrected chi connectivity index (χ1v) is 6.47. The van der Waals surface area contributed by atoms with Crippen LogP contribution in [0.4, 0.5) is 8.78 Å². The molecule has 0 amide bonds. The van der Waals surface area contributed by atoms with Gasteiger partial charge in [0.25, 0.3) is 0 Å². The number of nitrogens with zero attached hydrogens (tertiary/aromatic N) is 2. The minimum Gasteiger partial charge on any atom is -0.465 e. The standard InChI is InChI=1S/C14H11ClF2N2O3/c1-14(16,17)13-18-10(15)9(12(20)21-2)11(19-13)22-8-6-4-3-5-7-8/h3-7H,1-2H3. The fraction of sp³-hybridized carbons (Fsp3) is 0.214. The van der Waals surface area contributed by atoms with Gasteiger partial charge in [-0.05, 0) is 12.1 Å². The van der Waals surface area contributed by atoms with Gasteiger partial charge in [0.05, 0.1) is 7.11 Å². The zero-order valence-electron chi connectivity index (χ0n) is 11.6. The van der Waals surface area contributed by atoms with Crippen LogP contribution in [0.1, 0.15) is 23.1 Å². The number of esters is 1.